The Hall–Kier alpha value is -2.82. The highest BCUT2D eigenvalue weighted by Crippen LogP contribution is 2.19. The first kappa shape index (κ1) is 13.2. The van der Waals surface area contributed by atoms with Crippen molar-refractivity contribution in [1.29, 1.82) is 0 Å². The molecular formula is C16H15N3O2. The minimum absolute atomic E-state index is 0.176. The van der Waals surface area contributed by atoms with Crippen LogP contribution in [0.3, 0.4) is 0 Å². The molecule has 1 amide bonds. The number of nitrogens with one attached hydrogen (secondary N) is 2. The molecule has 5 heteroatoms. The summed E-state index contributed by atoms with van der Waals surface area (Å²) in [6.45, 7) is 1.90. The van der Waals surface area contributed by atoms with Gasteiger partial charge in [-0.1, -0.05) is 6.07 Å². The third kappa shape index (κ3) is 2.72. The number of anilines is 1. The van der Waals surface area contributed by atoms with E-state index in [0.29, 0.717) is 11.3 Å². The monoisotopic (exact) mass is 281 g/mol. The molecule has 0 atom stereocenters. The highest BCUT2D eigenvalue weighted by atomic mass is 16.5. The molecule has 1 heterocycles. The number of hydrogen-bond acceptors (Lipinski definition) is 3. The van der Waals surface area contributed by atoms with Crippen molar-refractivity contribution in [1.82, 2.24) is 9.97 Å². The number of carbonyl (C=O) groups excluding carboxylic acids is 1. The summed E-state index contributed by atoms with van der Waals surface area (Å²) in [6.07, 6.45) is 0. The number of H-pyrrole nitrogens is 1. The lowest BCUT2D eigenvalue weighted by Gasteiger charge is -2.06. The van der Waals surface area contributed by atoms with Crippen LogP contribution in [0.1, 0.15) is 16.2 Å². The molecule has 0 fully saturated rings. The van der Waals surface area contributed by atoms with Crippen LogP contribution in [0.25, 0.3) is 11.0 Å². The molecule has 0 saturated heterocycles. The predicted octanol–water partition coefficient (Wildman–Crippen LogP) is 3.13. The SMILES string of the molecule is COc1cccc(C(=O)Nc2ccc3nc(C)[nH]c3c2)c1. The number of rotatable bonds is 3. The number of imidazole rings is 1. The lowest BCUT2D eigenvalue weighted by molar-refractivity contribution is 0.102. The van der Waals surface area contributed by atoms with Gasteiger partial charge in [0, 0.05) is 11.3 Å². The number of aryl methyl sites for hydroxylation is 1. The van der Waals surface area contributed by atoms with Gasteiger partial charge >= 0.3 is 0 Å². The molecule has 0 saturated carbocycles. The van der Waals surface area contributed by atoms with Crippen molar-refractivity contribution in [3.63, 3.8) is 0 Å². The second-order valence-corrected chi connectivity index (χ2v) is 4.74. The Morgan fingerprint density at radius 2 is 2.10 bits per heavy atom. The maximum atomic E-state index is 12.2. The number of hydrogen-bond donors (Lipinski definition) is 2. The topological polar surface area (TPSA) is 67.0 Å². The Bertz CT molecular complexity index is 808. The van der Waals surface area contributed by atoms with E-state index in [4.69, 9.17) is 4.74 Å². The van der Waals surface area contributed by atoms with Crippen LogP contribution in [-0.2, 0) is 0 Å². The van der Waals surface area contributed by atoms with Crippen molar-refractivity contribution in [2.24, 2.45) is 0 Å². The number of aromatic nitrogens is 2. The van der Waals surface area contributed by atoms with Gasteiger partial charge in [0.25, 0.3) is 5.91 Å². The molecule has 3 rings (SSSR count). The summed E-state index contributed by atoms with van der Waals surface area (Å²) < 4.78 is 5.12. The van der Waals surface area contributed by atoms with Crippen LogP contribution in [0.4, 0.5) is 5.69 Å². The van der Waals surface area contributed by atoms with Gasteiger partial charge in [-0.2, -0.15) is 0 Å². The zero-order valence-corrected chi connectivity index (χ0v) is 11.8. The van der Waals surface area contributed by atoms with E-state index >= 15 is 0 Å². The van der Waals surface area contributed by atoms with Gasteiger partial charge in [-0.05, 0) is 43.3 Å². The molecule has 0 bridgehead atoms. The number of carbonyl (C=O) groups is 1. The third-order valence-corrected chi connectivity index (χ3v) is 3.19. The van der Waals surface area contributed by atoms with E-state index in [1.54, 1.807) is 31.4 Å². The van der Waals surface area contributed by atoms with Crippen molar-refractivity contribution in [3.8, 4) is 5.75 Å². The van der Waals surface area contributed by atoms with Crippen molar-refractivity contribution in [2.75, 3.05) is 12.4 Å². The van der Waals surface area contributed by atoms with Crippen LogP contribution >= 0.6 is 0 Å². The Labute approximate surface area is 122 Å². The third-order valence-electron chi connectivity index (χ3n) is 3.19. The van der Waals surface area contributed by atoms with Gasteiger partial charge < -0.3 is 15.0 Å². The fraction of sp³-hybridized carbons (Fsp3) is 0.125. The molecule has 0 aliphatic heterocycles. The lowest BCUT2D eigenvalue weighted by Crippen LogP contribution is -2.11. The Balaban J connectivity index is 1.84. The van der Waals surface area contributed by atoms with Crippen LogP contribution in [0.15, 0.2) is 42.5 Å². The van der Waals surface area contributed by atoms with Gasteiger partial charge in [-0.3, -0.25) is 4.79 Å². The minimum Gasteiger partial charge on any atom is -0.497 e. The Morgan fingerprint density at radius 1 is 1.24 bits per heavy atom. The standard InChI is InChI=1S/C16H15N3O2/c1-10-17-14-7-6-12(9-15(14)18-10)19-16(20)11-4-3-5-13(8-11)21-2/h3-9H,1-2H3,(H,17,18)(H,19,20). The minimum atomic E-state index is -0.176. The molecule has 1 aromatic heterocycles. The number of ether oxygens (including phenoxy) is 1. The van der Waals surface area contributed by atoms with E-state index in [2.05, 4.69) is 15.3 Å². The van der Waals surface area contributed by atoms with E-state index in [1.165, 1.54) is 0 Å². The fourth-order valence-electron chi connectivity index (χ4n) is 2.18. The number of benzene rings is 2. The van der Waals surface area contributed by atoms with Crippen molar-refractivity contribution < 1.29 is 9.53 Å². The molecule has 0 radical (unpaired) electrons. The largest absolute Gasteiger partial charge is 0.497 e. The predicted molar refractivity (Wildman–Crippen MR) is 81.8 cm³/mol. The van der Waals surface area contributed by atoms with Crippen LogP contribution in [0.5, 0.6) is 5.75 Å². The Morgan fingerprint density at radius 3 is 2.90 bits per heavy atom. The molecule has 0 spiro atoms. The van der Waals surface area contributed by atoms with Gasteiger partial charge in [-0.25, -0.2) is 4.98 Å². The van der Waals surface area contributed by atoms with Gasteiger partial charge in [0.05, 0.1) is 18.1 Å². The molecule has 2 aromatic carbocycles. The molecule has 21 heavy (non-hydrogen) atoms. The summed E-state index contributed by atoms with van der Waals surface area (Å²) in [5, 5.41) is 2.87. The van der Waals surface area contributed by atoms with Crippen LogP contribution in [-0.4, -0.2) is 23.0 Å². The van der Waals surface area contributed by atoms with E-state index in [-0.39, 0.29) is 5.91 Å². The van der Waals surface area contributed by atoms with Gasteiger partial charge in [-0.15, -0.1) is 0 Å². The molecule has 0 unspecified atom stereocenters. The lowest BCUT2D eigenvalue weighted by atomic mass is 10.2. The highest BCUT2D eigenvalue weighted by molar-refractivity contribution is 6.05. The summed E-state index contributed by atoms with van der Waals surface area (Å²) in [4.78, 5) is 19.7. The van der Waals surface area contributed by atoms with Crippen molar-refractivity contribution in [2.45, 2.75) is 6.92 Å². The number of amides is 1. The first-order valence-electron chi connectivity index (χ1n) is 6.57. The van der Waals surface area contributed by atoms with Gasteiger partial charge in [0.1, 0.15) is 11.6 Å². The summed E-state index contributed by atoms with van der Waals surface area (Å²) >= 11 is 0. The molecular weight excluding hydrogens is 266 g/mol. The van der Waals surface area contributed by atoms with Crippen LogP contribution in [0.2, 0.25) is 0 Å². The first-order chi connectivity index (χ1) is 10.2. The van der Waals surface area contributed by atoms with Crippen LogP contribution in [0, 0.1) is 6.92 Å². The maximum absolute atomic E-state index is 12.2. The smallest absolute Gasteiger partial charge is 0.255 e. The van der Waals surface area contributed by atoms with E-state index in [0.717, 1.165) is 22.5 Å². The summed E-state index contributed by atoms with van der Waals surface area (Å²) in [7, 11) is 1.57. The first-order valence-corrected chi connectivity index (χ1v) is 6.57. The summed E-state index contributed by atoms with van der Waals surface area (Å²) in [5.74, 6) is 1.33. The zero-order valence-electron chi connectivity index (χ0n) is 11.8. The summed E-state index contributed by atoms with van der Waals surface area (Å²) in [6, 6.07) is 12.6. The Kier molecular flexibility index (Phi) is 3.31. The van der Waals surface area contributed by atoms with Crippen LogP contribution < -0.4 is 10.1 Å². The molecule has 5 nitrogen and oxygen atoms in total. The number of methoxy groups -OCH3 is 1. The fourth-order valence-corrected chi connectivity index (χ4v) is 2.18. The van der Waals surface area contributed by atoms with Crippen molar-refractivity contribution in [3.05, 3.63) is 53.9 Å². The normalized spacial score (nSPS) is 10.6. The van der Waals surface area contributed by atoms with Crippen molar-refractivity contribution >= 4 is 22.6 Å². The number of aromatic amines is 1. The maximum Gasteiger partial charge on any atom is 0.255 e. The quantitative estimate of drug-likeness (QED) is 0.775. The summed E-state index contributed by atoms with van der Waals surface area (Å²) in [5.41, 5.74) is 3.05. The zero-order chi connectivity index (χ0) is 14.8. The molecule has 0 aliphatic rings. The molecule has 2 N–H and O–H groups in total. The van der Waals surface area contributed by atoms with E-state index in [9.17, 15) is 4.79 Å². The number of fused-ring (bicyclic) bond motifs is 1. The van der Waals surface area contributed by atoms with E-state index < -0.39 is 0 Å². The average molecular weight is 281 g/mol. The molecule has 0 aliphatic carbocycles. The number of nitrogens with zero attached hydrogens (tertiary/aromatic N) is 1. The highest BCUT2D eigenvalue weighted by Gasteiger charge is 2.08. The average Bonchev–Trinajstić information content (AvgIpc) is 2.86. The van der Waals surface area contributed by atoms with Gasteiger partial charge in [0.15, 0.2) is 0 Å². The molecule has 3 aromatic rings. The molecule has 106 valence electrons. The second kappa shape index (κ2) is 5.28. The van der Waals surface area contributed by atoms with E-state index in [1.807, 2.05) is 25.1 Å². The van der Waals surface area contributed by atoms with Gasteiger partial charge in [0.2, 0.25) is 0 Å². The second-order valence-electron chi connectivity index (χ2n) is 4.74.